The molecule has 1 saturated carbocycles. The number of methoxy groups -OCH3 is 1. The molecule has 0 aromatic rings. The van der Waals surface area contributed by atoms with Crippen LogP contribution in [0, 0.1) is 5.92 Å². The SMILES string of the molecule is COC(=O)C(C)OC1CC(CN)C1. The zero-order valence-electron chi connectivity index (χ0n) is 8.16. The lowest BCUT2D eigenvalue weighted by molar-refractivity contribution is -0.161. The summed E-state index contributed by atoms with van der Waals surface area (Å²) in [6.07, 6.45) is 1.69. The van der Waals surface area contributed by atoms with Crippen molar-refractivity contribution in [3.63, 3.8) is 0 Å². The molecule has 4 heteroatoms. The van der Waals surface area contributed by atoms with E-state index in [4.69, 9.17) is 10.5 Å². The standard InChI is InChI=1S/C9H17NO3/c1-6(9(11)12-2)13-8-3-7(4-8)5-10/h6-8H,3-5,10H2,1-2H3. The summed E-state index contributed by atoms with van der Waals surface area (Å²) in [5.41, 5.74) is 5.47. The first-order valence-electron chi connectivity index (χ1n) is 4.60. The van der Waals surface area contributed by atoms with E-state index in [1.54, 1.807) is 6.92 Å². The molecule has 0 aliphatic heterocycles. The Labute approximate surface area is 78.4 Å². The van der Waals surface area contributed by atoms with Crippen molar-refractivity contribution in [2.75, 3.05) is 13.7 Å². The minimum absolute atomic E-state index is 0.197. The van der Waals surface area contributed by atoms with Gasteiger partial charge in [-0.25, -0.2) is 4.79 Å². The maximum absolute atomic E-state index is 11.0. The molecule has 13 heavy (non-hydrogen) atoms. The lowest BCUT2D eigenvalue weighted by Crippen LogP contribution is -2.39. The number of rotatable bonds is 4. The van der Waals surface area contributed by atoms with E-state index in [-0.39, 0.29) is 12.1 Å². The van der Waals surface area contributed by atoms with Gasteiger partial charge in [0.05, 0.1) is 13.2 Å². The van der Waals surface area contributed by atoms with Crippen molar-refractivity contribution in [3.8, 4) is 0 Å². The highest BCUT2D eigenvalue weighted by Gasteiger charge is 2.31. The van der Waals surface area contributed by atoms with Crippen molar-refractivity contribution < 1.29 is 14.3 Å². The molecular formula is C9H17NO3. The Balaban J connectivity index is 2.16. The number of esters is 1. The maximum Gasteiger partial charge on any atom is 0.334 e. The maximum atomic E-state index is 11.0. The van der Waals surface area contributed by atoms with Gasteiger partial charge in [0.15, 0.2) is 6.10 Å². The van der Waals surface area contributed by atoms with Gasteiger partial charge in [0.1, 0.15) is 0 Å². The molecule has 0 saturated heterocycles. The van der Waals surface area contributed by atoms with Crippen LogP contribution in [0.5, 0.6) is 0 Å². The fourth-order valence-electron chi connectivity index (χ4n) is 1.49. The van der Waals surface area contributed by atoms with E-state index in [2.05, 4.69) is 4.74 Å². The van der Waals surface area contributed by atoms with Crippen molar-refractivity contribution >= 4 is 5.97 Å². The lowest BCUT2D eigenvalue weighted by atomic mass is 9.82. The molecule has 0 spiro atoms. The Morgan fingerprint density at radius 3 is 2.69 bits per heavy atom. The van der Waals surface area contributed by atoms with E-state index in [1.807, 2.05) is 0 Å². The van der Waals surface area contributed by atoms with Crippen molar-refractivity contribution in [1.82, 2.24) is 0 Å². The van der Waals surface area contributed by atoms with Gasteiger partial charge in [-0.15, -0.1) is 0 Å². The van der Waals surface area contributed by atoms with Crippen LogP contribution in [0.15, 0.2) is 0 Å². The summed E-state index contributed by atoms with van der Waals surface area (Å²) < 4.78 is 9.99. The molecule has 0 amide bonds. The van der Waals surface area contributed by atoms with Gasteiger partial charge in [0.2, 0.25) is 0 Å². The first kappa shape index (κ1) is 10.5. The van der Waals surface area contributed by atoms with Crippen LogP contribution in [-0.2, 0) is 14.3 Å². The van der Waals surface area contributed by atoms with Gasteiger partial charge in [0.25, 0.3) is 0 Å². The smallest absolute Gasteiger partial charge is 0.334 e. The van der Waals surface area contributed by atoms with E-state index in [1.165, 1.54) is 7.11 Å². The van der Waals surface area contributed by atoms with E-state index < -0.39 is 6.10 Å². The normalized spacial score (nSPS) is 29.2. The quantitative estimate of drug-likeness (QED) is 0.643. The van der Waals surface area contributed by atoms with E-state index in [0.717, 1.165) is 12.8 Å². The second-order valence-corrected chi connectivity index (χ2v) is 3.50. The molecule has 2 N–H and O–H groups in total. The molecule has 0 radical (unpaired) electrons. The molecule has 0 aromatic heterocycles. The summed E-state index contributed by atoms with van der Waals surface area (Å²) in [4.78, 5) is 11.0. The van der Waals surface area contributed by atoms with Gasteiger partial charge in [-0.05, 0) is 32.2 Å². The van der Waals surface area contributed by atoms with Crippen molar-refractivity contribution in [3.05, 3.63) is 0 Å². The molecule has 1 atom stereocenters. The van der Waals surface area contributed by atoms with Crippen LogP contribution in [-0.4, -0.2) is 31.8 Å². The fraction of sp³-hybridized carbons (Fsp3) is 0.889. The molecule has 0 bridgehead atoms. The predicted octanol–water partition coefficient (Wildman–Crippen LogP) is 0.302. The molecule has 4 nitrogen and oxygen atoms in total. The molecule has 1 aliphatic carbocycles. The van der Waals surface area contributed by atoms with E-state index in [9.17, 15) is 4.79 Å². The third kappa shape index (κ3) is 2.67. The summed E-state index contributed by atoms with van der Waals surface area (Å²) in [6.45, 7) is 2.42. The second-order valence-electron chi connectivity index (χ2n) is 3.50. The van der Waals surface area contributed by atoms with E-state index in [0.29, 0.717) is 12.5 Å². The lowest BCUT2D eigenvalue weighted by Gasteiger charge is -2.35. The Bertz CT molecular complexity index is 178. The average Bonchev–Trinajstić information content (AvgIpc) is 2.08. The highest BCUT2D eigenvalue weighted by Crippen LogP contribution is 2.29. The van der Waals surface area contributed by atoms with Crippen LogP contribution >= 0.6 is 0 Å². The van der Waals surface area contributed by atoms with Gasteiger partial charge >= 0.3 is 5.97 Å². The van der Waals surface area contributed by atoms with Crippen LogP contribution < -0.4 is 5.73 Å². The van der Waals surface area contributed by atoms with Crippen LogP contribution in [0.3, 0.4) is 0 Å². The molecule has 1 unspecified atom stereocenters. The summed E-state index contributed by atoms with van der Waals surface area (Å²) in [5, 5.41) is 0. The fourth-order valence-corrected chi connectivity index (χ4v) is 1.49. The molecule has 1 aliphatic rings. The first-order chi connectivity index (χ1) is 6.17. The number of carbonyl (C=O) groups excluding carboxylic acids is 1. The Morgan fingerprint density at radius 1 is 1.62 bits per heavy atom. The van der Waals surface area contributed by atoms with E-state index >= 15 is 0 Å². The van der Waals surface area contributed by atoms with Gasteiger partial charge in [-0.1, -0.05) is 0 Å². The number of ether oxygens (including phenoxy) is 2. The van der Waals surface area contributed by atoms with Crippen LogP contribution in [0.4, 0.5) is 0 Å². The minimum atomic E-state index is -0.450. The zero-order valence-corrected chi connectivity index (χ0v) is 8.16. The molecule has 0 aromatic carbocycles. The first-order valence-corrected chi connectivity index (χ1v) is 4.60. The van der Waals surface area contributed by atoms with Gasteiger partial charge < -0.3 is 15.2 Å². The summed E-state index contributed by atoms with van der Waals surface area (Å²) in [5.74, 6) is 0.269. The molecule has 1 rings (SSSR count). The van der Waals surface area contributed by atoms with Crippen LogP contribution in [0.2, 0.25) is 0 Å². The molecule has 76 valence electrons. The minimum Gasteiger partial charge on any atom is -0.467 e. The predicted molar refractivity (Wildman–Crippen MR) is 48.1 cm³/mol. The van der Waals surface area contributed by atoms with Crippen LogP contribution in [0.25, 0.3) is 0 Å². The van der Waals surface area contributed by atoms with Gasteiger partial charge in [0, 0.05) is 0 Å². The number of hydrogen-bond acceptors (Lipinski definition) is 4. The molecular weight excluding hydrogens is 170 g/mol. The largest absolute Gasteiger partial charge is 0.467 e. The number of hydrogen-bond donors (Lipinski definition) is 1. The average molecular weight is 187 g/mol. The second kappa shape index (κ2) is 4.58. The number of carbonyl (C=O) groups is 1. The highest BCUT2D eigenvalue weighted by atomic mass is 16.6. The monoisotopic (exact) mass is 187 g/mol. The van der Waals surface area contributed by atoms with Gasteiger partial charge in [-0.2, -0.15) is 0 Å². The summed E-state index contributed by atoms with van der Waals surface area (Å²) in [6, 6.07) is 0. The third-order valence-electron chi connectivity index (χ3n) is 2.46. The zero-order chi connectivity index (χ0) is 9.84. The highest BCUT2D eigenvalue weighted by molar-refractivity contribution is 5.73. The van der Waals surface area contributed by atoms with Crippen LogP contribution in [0.1, 0.15) is 19.8 Å². The third-order valence-corrected chi connectivity index (χ3v) is 2.46. The Kier molecular flexibility index (Phi) is 3.69. The number of nitrogens with two attached hydrogens (primary N) is 1. The van der Waals surface area contributed by atoms with Gasteiger partial charge in [-0.3, -0.25) is 0 Å². The molecule has 1 fully saturated rings. The van der Waals surface area contributed by atoms with Crippen molar-refractivity contribution in [2.45, 2.75) is 32.0 Å². The summed E-state index contributed by atoms with van der Waals surface area (Å²) in [7, 11) is 1.37. The Morgan fingerprint density at radius 2 is 2.23 bits per heavy atom. The van der Waals surface area contributed by atoms with Crippen molar-refractivity contribution in [1.29, 1.82) is 0 Å². The Hall–Kier alpha value is -0.610. The molecule has 0 heterocycles. The topological polar surface area (TPSA) is 61.5 Å². The van der Waals surface area contributed by atoms with Crippen molar-refractivity contribution in [2.24, 2.45) is 11.7 Å². The summed E-state index contributed by atoms with van der Waals surface area (Å²) >= 11 is 0.